The summed E-state index contributed by atoms with van der Waals surface area (Å²) in [6.45, 7) is 2.04. The maximum atomic E-state index is 13.7. The van der Waals surface area contributed by atoms with E-state index in [0.29, 0.717) is 23.0 Å². The standard InChI is InChI=1S/C30H26N4O2/c1-19-14-16-22(17-15-19)26-25-28(32(2)30(36)33(3)29(25)35)27-23(20-10-6-4-7-11-20)18-24(31-34(26)27)21-12-8-5-9-13-21/h4-17,23H,18H2,1-3H3. The van der Waals surface area contributed by atoms with E-state index >= 15 is 0 Å². The molecule has 0 N–H and O–H groups in total. The lowest BCUT2D eigenvalue weighted by atomic mass is 9.87. The highest BCUT2D eigenvalue weighted by molar-refractivity contribution is 6.04. The third-order valence-corrected chi connectivity index (χ3v) is 7.17. The minimum atomic E-state index is -0.346. The number of fused-ring (bicyclic) bond motifs is 3. The SMILES string of the molecule is Cc1ccc(-c2c3c(=O)n(C)c(=O)n(C)c3c3n2N=C(c2ccccc2)CC3c2ccccc2)cc1. The van der Waals surface area contributed by atoms with Crippen molar-refractivity contribution in [2.45, 2.75) is 19.3 Å². The van der Waals surface area contributed by atoms with Crippen LogP contribution in [0.25, 0.3) is 22.2 Å². The quantitative estimate of drug-likeness (QED) is 0.377. The number of aromatic nitrogens is 3. The molecule has 5 aromatic rings. The van der Waals surface area contributed by atoms with Crippen molar-refractivity contribution in [3.05, 3.63) is 128 Å². The molecule has 178 valence electrons. The Morgan fingerprint density at radius 1 is 0.778 bits per heavy atom. The summed E-state index contributed by atoms with van der Waals surface area (Å²) in [5.74, 6) is -0.0849. The van der Waals surface area contributed by atoms with Gasteiger partial charge in [0.1, 0.15) is 0 Å². The average molecular weight is 475 g/mol. The van der Waals surface area contributed by atoms with Crippen molar-refractivity contribution >= 4 is 16.6 Å². The second-order valence-electron chi connectivity index (χ2n) is 9.42. The first kappa shape index (κ1) is 22.0. The molecule has 0 fully saturated rings. The van der Waals surface area contributed by atoms with Crippen molar-refractivity contribution in [2.24, 2.45) is 19.2 Å². The highest BCUT2D eigenvalue weighted by Gasteiger charge is 2.34. The molecule has 6 heteroatoms. The zero-order chi connectivity index (χ0) is 25.0. The molecule has 0 spiro atoms. The Kier molecular flexibility index (Phi) is 5.11. The third-order valence-electron chi connectivity index (χ3n) is 7.17. The van der Waals surface area contributed by atoms with Gasteiger partial charge >= 0.3 is 5.69 Å². The van der Waals surface area contributed by atoms with Gasteiger partial charge in [0.2, 0.25) is 0 Å². The fraction of sp³-hybridized carbons (Fsp3) is 0.167. The highest BCUT2D eigenvalue weighted by Crippen LogP contribution is 2.42. The molecule has 1 aliphatic heterocycles. The first-order valence-corrected chi connectivity index (χ1v) is 12.0. The van der Waals surface area contributed by atoms with Gasteiger partial charge in [-0.15, -0.1) is 0 Å². The van der Waals surface area contributed by atoms with Gasteiger partial charge in [-0.05, 0) is 18.1 Å². The van der Waals surface area contributed by atoms with Gasteiger partial charge in [-0.2, -0.15) is 5.10 Å². The lowest BCUT2D eigenvalue weighted by Crippen LogP contribution is -2.37. The minimum absolute atomic E-state index is 0.0849. The van der Waals surface area contributed by atoms with Crippen molar-refractivity contribution in [3.8, 4) is 11.3 Å². The van der Waals surface area contributed by atoms with Crippen LogP contribution in [0.15, 0.2) is 99.6 Å². The summed E-state index contributed by atoms with van der Waals surface area (Å²) in [5.41, 5.74) is 6.67. The predicted octanol–water partition coefficient (Wildman–Crippen LogP) is 4.80. The largest absolute Gasteiger partial charge is 0.331 e. The van der Waals surface area contributed by atoms with Crippen molar-refractivity contribution < 1.29 is 0 Å². The van der Waals surface area contributed by atoms with Crippen LogP contribution in [0.2, 0.25) is 0 Å². The van der Waals surface area contributed by atoms with Crippen molar-refractivity contribution in [1.29, 1.82) is 0 Å². The maximum absolute atomic E-state index is 13.7. The number of hydrogen-bond donors (Lipinski definition) is 0. The molecule has 36 heavy (non-hydrogen) atoms. The molecule has 0 saturated carbocycles. The van der Waals surface area contributed by atoms with Crippen molar-refractivity contribution in [1.82, 2.24) is 13.8 Å². The topological polar surface area (TPSA) is 61.3 Å². The van der Waals surface area contributed by atoms with Crippen LogP contribution in [0, 0.1) is 6.92 Å². The predicted molar refractivity (Wildman–Crippen MR) is 144 cm³/mol. The molecular weight excluding hydrogens is 448 g/mol. The van der Waals surface area contributed by atoms with Crippen LogP contribution < -0.4 is 11.2 Å². The number of hydrogen-bond acceptors (Lipinski definition) is 3. The van der Waals surface area contributed by atoms with Crippen molar-refractivity contribution in [3.63, 3.8) is 0 Å². The van der Waals surface area contributed by atoms with Gasteiger partial charge in [0.25, 0.3) is 5.56 Å². The van der Waals surface area contributed by atoms with E-state index in [1.165, 1.54) is 11.6 Å². The van der Waals surface area contributed by atoms with Gasteiger partial charge in [0.15, 0.2) is 0 Å². The molecule has 1 aliphatic rings. The van der Waals surface area contributed by atoms with Crippen LogP contribution in [-0.2, 0) is 14.1 Å². The third kappa shape index (κ3) is 3.29. The monoisotopic (exact) mass is 474 g/mol. The molecule has 1 atom stereocenters. The summed E-state index contributed by atoms with van der Waals surface area (Å²) in [5, 5.41) is 5.65. The van der Waals surface area contributed by atoms with Crippen LogP contribution in [0.5, 0.6) is 0 Å². The molecule has 6 rings (SSSR count). The molecule has 1 unspecified atom stereocenters. The van der Waals surface area contributed by atoms with E-state index in [4.69, 9.17) is 5.10 Å². The Labute approximate surface area is 208 Å². The summed E-state index contributed by atoms with van der Waals surface area (Å²) < 4.78 is 4.70. The first-order chi connectivity index (χ1) is 17.5. The lowest BCUT2D eigenvalue weighted by molar-refractivity contribution is 0.680. The van der Waals surface area contributed by atoms with Gasteiger partial charge in [-0.3, -0.25) is 13.9 Å². The summed E-state index contributed by atoms with van der Waals surface area (Å²) in [6.07, 6.45) is 0.657. The summed E-state index contributed by atoms with van der Waals surface area (Å²) in [7, 11) is 3.27. The van der Waals surface area contributed by atoms with E-state index < -0.39 is 0 Å². The molecule has 3 heterocycles. The van der Waals surface area contributed by atoms with Gasteiger partial charge in [0.05, 0.1) is 28.0 Å². The molecular formula is C30H26N4O2. The molecule has 2 aromatic heterocycles. The first-order valence-electron chi connectivity index (χ1n) is 12.0. The number of benzene rings is 3. The normalized spacial score (nSPS) is 15.1. The number of rotatable bonds is 3. The Morgan fingerprint density at radius 3 is 2.08 bits per heavy atom. The van der Waals surface area contributed by atoms with E-state index in [1.807, 2.05) is 72.3 Å². The average Bonchev–Trinajstić information content (AvgIpc) is 3.27. The number of nitrogens with zero attached hydrogens (tertiary/aromatic N) is 4. The molecule has 0 radical (unpaired) electrons. The fourth-order valence-electron chi connectivity index (χ4n) is 5.30. The summed E-state index contributed by atoms with van der Waals surface area (Å²) >= 11 is 0. The zero-order valence-electron chi connectivity index (χ0n) is 20.5. The Balaban J connectivity index is 1.81. The van der Waals surface area contributed by atoms with E-state index in [1.54, 1.807) is 11.6 Å². The fourth-order valence-corrected chi connectivity index (χ4v) is 5.30. The van der Waals surface area contributed by atoms with E-state index in [-0.39, 0.29) is 17.2 Å². The maximum Gasteiger partial charge on any atom is 0.331 e. The zero-order valence-corrected chi connectivity index (χ0v) is 20.5. The van der Waals surface area contributed by atoms with Gasteiger partial charge in [-0.1, -0.05) is 90.5 Å². The number of aryl methyl sites for hydroxylation is 2. The second-order valence-corrected chi connectivity index (χ2v) is 9.42. The van der Waals surface area contributed by atoms with Gasteiger partial charge in [0, 0.05) is 32.0 Å². The molecule has 0 saturated heterocycles. The van der Waals surface area contributed by atoms with Crippen LogP contribution in [0.4, 0.5) is 0 Å². The second kappa shape index (κ2) is 8.34. The van der Waals surface area contributed by atoms with Crippen molar-refractivity contribution in [2.75, 3.05) is 0 Å². The van der Waals surface area contributed by atoms with Crippen LogP contribution >= 0.6 is 0 Å². The lowest BCUT2D eigenvalue weighted by Gasteiger charge is -2.26. The summed E-state index contributed by atoms with van der Waals surface area (Å²) in [6, 6.07) is 28.5. The van der Waals surface area contributed by atoms with E-state index in [2.05, 4.69) is 24.3 Å². The molecule has 6 nitrogen and oxygen atoms in total. The van der Waals surface area contributed by atoms with Crippen LogP contribution in [0.1, 0.15) is 34.7 Å². The Morgan fingerprint density at radius 2 is 1.42 bits per heavy atom. The highest BCUT2D eigenvalue weighted by atomic mass is 16.2. The Hall–Kier alpha value is -4.45. The smallest absolute Gasteiger partial charge is 0.294 e. The Bertz CT molecular complexity index is 1760. The molecule has 3 aromatic carbocycles. The molecule has 0 amide bonds. The molecule has 0 aliphatic carbocycles. The van der Waals surface area contributed by atoms with Crippen LogP contribution in [0.3, 0.4) is 0 Å². The van der Waals surface area contributed by atoms with Gasteiger partial charge < -0.3 is 0 Å². The van der Waals surface area contributed by atoms with Gasteiger partial charge in [-0.25, -0.2) is 9.47 Å². The summed E-state index contributed by atoms with van der Waals surface area (Å²) in [4.78, 5) is 26.8. The molecule has 0 bridgehead atoms. The van der Waals surface area contributed by atoms with Crippen LogP contribution in [-0.4, -0.2) is 19.5 Å². The minimum Gasteiger partial charge on any atom is -0.294 e. The van der Waals surface area contributed by atoms with E-state index in [0.717, 1.165) is 33.7 Å². The van der Waals surface area contributed by atoms with E-state index in [9.17, 15) is 9.59 Å².